The van der Waals surface area contributed by atoms with E-state index in [0.717, 1.165) is 37.6 Å². The van der Waals surface area contributed by atoms with Gasteiger partial charge in [-0.25, -0.2) is 4.98 Å². The molecule has 0 saturated heterocycles. The zero-order valence-corrected chi connectivity index (χ0v) is 11.3. The molecule has 0 saturated carbocycles. The van der Waals surface area contributed by atoms with Crippen molar-refractivity contribution in [3.63, 3.8) is 0 Å². The maximum absolute atomic E-state index is 9.46. The number of hydrogen-bond acceptors (Lipinski definition) is 4. The third-order valence-corrected chi connectivity index (χ3v) is 2.99. The van der Waals surface area contributed by atoms with Crippen molar-refractivity contribution >= 4 is 0 Å². The second kappa shape index (κ2) is 6.12. The van der Waals surface area contributed by atoms with E-state index in [2.05, 4.69) is 22.3 Å². The van der Waals surface area contributed by atoms with Crippen LogP contribution in [0, 0.1) is 13.8 Å². The lowest BCUT2D eigenvalue weighted by Crippen LogP contribution is -2.46. The standard InChI is InChI=1S/C12H24N4O/c1-5-7-13-12(4,9-17)6-8-16-11(3)14-10(2)15-16/h13,17H,5-9H2,1-4H3. The number of aryl methyl sites for hydroxylation is 3. The van der Waals surface area contributed by atoms with Crippen molar-refractivity contribution in [2.45, 2.75) is 52.6 Å². The Bertz CT molecular complexity index is 350. The summed E-state index contributed by atoms with van der Waals surface area (Å²) in [5, 5.41) is 17.2. The molecule has 0 aliphatic heterocycles. The van der Waals surface area contributed by atoms with E-state index < -0.39 is 0 Å². The second-order valence-corrected chi connectivity index (χ2v) is 4.82. The third-order valence-electron chi connectivity index (χ3n) is 2.99. The van der Waals surface area contributed by atoms with Crippen LogP contribution < -0.4 is 5.32 Å². The summed E-state index contributed by atoms with van der Waals surface area (Å²) in [6.45, 7) is 9.85. The number of nitrogens with one attached hydrogen (secondary N) is 1. The molecule has 0 aromatic carbocycles. The highest BCUT2D eigenvalue weighted by atomic mass is 16.3. The van der Waals surface area contributed by atoms with E-state index in [1.807, 2.05) is 25.5 Å². The first-order valence-corrected chi connectivity index (χ1v) is 6.24. The lowest BCUT2D eigenvalue weighted by atomic mass is 9.99. The molecule has 0 aliphatic rings. The molecule has 1 aromatic heterocycles. The molecule has 2 N–H and O–H groups in total. The molecule has 1 unspecified atom stereocenters. The molecule has 0 spiro atoms. The van der Waals surface area contributed by atoms with Crippen molar-refractivity contribution in [3.05, 3.63) is 11.6 Å². The Morgan fingerprint density at radius 3 is 2.59 bits per heavy atom. The summed E-state index contributed by atoms with van der Waals surface area (Å²) < 4.78 is 1.90. The van der Waals surface area contributed by atoms with Gasteiger partial charge in [-0.05, 0) is 40.2 Å². The third kappa shape index (κ3) is 4.09. The van der Waals surface area contributed by atoms with E-state index in [1.54, 1.807) is 0 Å². The van der Waals surface area contributed by atoms with E-state index in [1.165, 1.54) is 0 Å². The lowest BCUT2D eigenvalue weighted by Gasteiger charge is -2.28. The van der Waals surface area contributed by atoms with Crippen molar-refractivity contribution in [1.82, 2.24) is 20.1 Å². The molecular weight excluding hydrogens is 216 g/mol. The Labute approximate surface area is 103 Å². The maximum Gasteiger partial charge on any atom is 0.147 e. The van der Waals surface area contributed by atoms with Gasteiger partial charge in [-0.1, -0.05) is 6.92 Å². The highest BCUT2D eigenvalue weighted by molar-refractivity contribution is 4.89. The second-order valence-electron chi connectivity index (χ2n) is 4.82. The number of hydrogen-bond donors (Lipinski definition) is 2. The zero-order chi connectivity index (χ0) is 12.9. The number of nitrogens with zero attached hydrogens (tertiary/aromatic N) is 3. The van der Waals surface area contributed by atoms with Gasteiger partial charge >= 0.3 is 0 Å². The fourth-order valence-electron chi connectivity index (χ4n) is 1.78. The molecule has 0 fully saturated rings. The van der Waals surface area contributed by atoms with Crippen LogP contribution in [0.3, 0.4) is 0 Å². The average molecular weight is 240 g/mol. The van der Waals surface area contributed by atoms with Crippen LogP contribution in [0.2, 0.25) is 0 Å². The topological polar surface area (TPSA) is 63.0 Å². The monoisotopic (exact) mass is 240 g/mol. The summed E-state index contributed by atoms with van der Waals surface area (Å²) in [6.07, 6.45) is 1.91. The summed E-state index contributed by atoms with van der Waals surface area (Å²) >= 11 is 0. The Kier molecular flexibility index (Phi) is 5.08. The minimum Gasteiger partial charge on any atom is -0.394 e. The smallest absolute Gasteiger partial charge is 0.147 e. The van der Waals surface area contributed by atoms with E-state index in [-0.39, 0.29) is 12.1 Å². The number of rotatable bonds is 7. The van der Waals surface area contributed by atoms with E-state index >= 15 is 0 Å². The van der Waals surface area contributed by atoms with Gasteiger partial charge in [0.1, 0.15) is 11.6 Å². The Hall–Kier alpha value is -0.940. The average Bonchev–Trinajstić information content (AvgIpc) is 2.63. The van der Waals surface area contributed by atoms with Gasteiger partial charge in [0.25, 0.3) is 0 Å². The van der Waals surface area contributed by atoms with Gasteiger partial charge < -0.3 is 10.4 Å². The molecule has 0 aliphatic carbocycles. The molecule has 0 amide bonds. The Balaban J connectivity index is 2.55. The molecule has 5 nitrogen and oxygen atoms in total. The first-order chi connectivity index (χ1) is 8.00. The van der Waals surface area contributed by atoms with Crippen molar-refractivity contribution in [2.24, 2.45) is 0 Å². The van der Waals surface area contributed by atoms with Crippen LogP contribution in [0.4, 0.5) is 0 Å². The van der Waals surface area contributed by atoms with Crippen LogP contribution in [0.5, 0.6) is 0 Å². The van der Waals surface area contributed by atoms with Crippen LogP contribution in [0.1, 0.15) is 38.3 Å². The summed E-state index contributed by atoms with van der Waals surface area (Å²) in [4.78, 5) is 4.27. The molecule has 5 heteroatoms. The Morgan fingerprint density at radius 1 is 1.41 bits per heavy atom. The SMILES string of the molecule is CCCNC(C)(CO)CCn1nc(C)nc1C. The fourth-order valence-corrected chi connectivity index (χ4v) is 1.78. The first-order valence-electron chi connectivity index (χ1n) is 6.24. The quantitative estimate of drug-likeness (QED) is 0.747. The minimum absolute atomic E-state index is 0.139. The maximum atomic E-state index is 9.46. The highest BCUT2D eigenvalue weighted by Gasteiger charge is 2.22. The lowest BCUT2D eigenvalue weighted by molar-refractivity contribution is 0.159. The van der Waals surface area contributed by atoms with Crippen molar-refractivity contribution in [3.8, 4) is 0 Å². The van der Waals surface area contributed by atoms with Crippen molar-refractivity contribution in [2.75, 3.05) is 13.2 Å². The summed E-state index contributed by atoms with van der Waals surface area (Å²) in [7, 11) is 0. The predicted molar refractivity (Wildman–Crippen MR) is 67.9 cm³/mol. The highest BCUT2D eigenvalue weighted by Crippen LogP contribution is 2.11. The normalized spacial score (nSPS) is 14.9. The fraction of sp³-hybridized carbons (Fsp3) is 0.833. The summed E-state index contributed by atoms with van der Waals surface area (Å²) in [5.74, 6) is 1.73. The molecule has 17 heavy (non-hydrogen) atoms. The predicted octanol–water partition coefficient (Wildman–Crippen LogP) is 1.04. The molecule has 1 aromatic rings. The molecule has 0 bridgehead atoms. The molecule has 0 radical (unpaired) electrons. The van der Waals surface area contributed by atoms with Crippen LogP contribution in [-0.4, -0.2) is 38.6 Å². The van der Waals surface area contributed by atoms with E-state index in [4.69, 9.17) is 0 Å². The molecular formula is C12H24N4O. The number of aliphatic hydroxyl groups is 1. The van der Waals surface area contributed by atoms with Gasteiger partial charge in [0.05, 0.1) is 6.61 Å². The number of aliphatic hydroxyl groups excluding tert-OH is 1. The van der Waals surface area contributed by atoms with Crippen LogP contribution in [0.25, 0.3) is 0 Å². The first kappa shape index (κ1) is 14.1. The zero-order valence-electron chi connectivity index (χ0n) is 11.3. The molecule has 98 valence electrons. The van der Waals surface area contributed by atoms with E-state index in [9.17, 15) is 5.11 Å². The van der Waals surface area contributed by atoms with Gasteiger partial charge in [0, 0.05) is 12.1 Å². The van der Waals surface area contributed by atoms with Crippen molar-refractivity contribution in [1.29, 1.82) is 0 Å². The van der Waals surface area contributed by atoms with Gasteiger partial charge in [0.2, 0.25) is 0 Å². The minimum atomic E-state index is -0.234. The summed E-state index contributed by atoms with van der Waals surface area (Å²) in [6, 6.07) is 0. The van der Waals surface area contributed by atoms with E-state index in [0.29, 0.717) is 0 Å². The van der Waals surface area contributed by atoms with Crippen LogP contribution in [-0.2, 0) is 6.54 Å². The van der Waals surface area contributed by atoms with Gasteiger partial charge in [-0.15, -0.1) is 0 Å². The van der Waals surface area contributed by atoms with Crippen molar-refractivity contribution < 1.29 is 5.11 Å². The van der Waals surface area contributed by atoms with Crippen LogP contribution >= 0.6 is 0 Å². The van der Waals surface area contributed by atoms with Crippen LogP contribution in [0.15, 0.2) is 0 Å². The van der Waals surface area contributed by atoms with Gasteiger partial charge in [0.15, 0.2) is 0 Å². The Morgan fingerprint density at radius 2 is 2.12 bits per heavy atom. The summed E-state index contributed by atoms with van der Waals surface area (Å²) in [5.41, 5.74) is -0.234. The van der Waals surface area contributed by atoms with Gasteiger partial charge in [-0.3, -0.25) is 4.68 Å². The molecule has 1 rings (SSSR count). The largest absolute Gasteiger partial charge is 0.394 e. The molecule has 1 atom stereocenters. The number of aromatic nitrogens is 3. The van der Waals surface area contributed by atoms with Gasteiger partial charge in [-0.2, -0.15) is 5.10 Å². The molecule has 1 heterocycles.